The summed E-state index contributed by atoms with van der Waals surface area (Å²) in [5.74, 6) is -1.25. The topological polar surface area (TPSA) is 70.0 Å². The molecule has 3 rings (SSSR count). The first-order valence-electron chi connectivity index (χ1n) is 7.45. The molecule has 1 unspecified atom stereocenters. The second-order valence-electron chi connectivity index (χ2n) is 5.43. The number of rotatable bonds is 5. The number of nitrogens with zero attached hydrogens (tertiary/aromatic N) is 2. The maximum absolute atomic E-state index is 12.5. The van der Waals surface area contributed by atoms with E-state index >= 15 is 0 Å². The number of amides is 1. The number of hydrazone groups is 1. The number of aliphatic carboxylic acids is 1. The van der Waals surface area contributed by atoms with E-state index in [1.165, 1.54) is 5.01 Å². The molecule has 0 radical (unpaired) electrons. The van der Waals surface area contributed by atoms with Crippen molar-refractivity contribution < 1.29 is 14.7 Å². The van der Waals surface area contributed by atoms with Crippen LogP contribution in [-0.4, -0.2) is 27.7 Å². The van der Waals surface area contributed by atoms with Gasteiger partial charge >= 0.3 is 5.97 Å². The van der Waals surface area contributed by atoms with Gasteiger partial charge in [-0.2, -0.15) is 5.10 Å². The van der Waals surface area contributed by atoms with Crippen LogP contribution < -0.4 is 0 Å². The van der Waals surface area contributed by atoms with E-state index in [2.05, 4.69) is 21.0 Å². The molecule has 1 aromatic heterocycles. The van der Waals surface area contributed by atoms with Crippen molar-refractivity contribution in [3.8, 4) is 0 Å². The van der Waals surface area contributed by atoms with E-state index in [4.69, 9.17) is 5.11 Å². The molecule has 1 aliphatic heterocycles. The van der Waals surface area contributed by atoms with Gasteiger partial charge in [-0.15, -0.1) is 11.3 Å². The number of halogens is 1. The minimum absolute atomic E-state index is 0.0545. The zero-order valence-electron chi connectivity index (χ0n) is 12.7. The zero-order chi connectivity index (χ0) is 17.1. The van der Waals surface area contributed by atoms with E-state index < -0.39 is 5.97 Å². The van der Waals surface area contributed by atoms with Crippen molar-refractivity contribution in [3.63, 3.8) is 0 Å². The predicted octanol–water partition coefficient (Wildman–Crippen LogP) is 4.05. The highest BCUT2D eigenvalue weighted by molar-refractivity contribution is 9.10. The molecule has 2 heterocycles. The Kier molecular flexibility index (Phi) is 5.11. The number of hydrogen-bond acceptors (Lipinski definition) is 4. The minimum Gasteiger partial charge on any atom is -0.481 e. The number of benzene rings is 1. The lowest BCUT2D eigenvalue weighted by Crippen LogP contribution is -2.27. The van der Waals surface area contributed by atoms with Crippen molar-refractivity contribution >= 4 is 44.9 Å². The lowest BCUT2D eigenvalue weighted by atomic mass is 10.0. The molecule has 1 atom stereocenters. The number of hydrogen-bond donors (Lipinski definition) is 1. The molecular weight excluding hydrogens is 392 g/mol. The maximum atomic E-state index is 12.5. The molecule has 7 heteroatoms. The van der Waals surface area contributed by atoms with Crippen molar-refractivity contribution in [3.05, 3.63) is 56.7 Å². The second kappa shape index (κ2) is 7.27. The highest BCUT2D eigenvalue weighted by Crippen LogP contribution is 2.35. The fourth-order valence-corrected chi connectivity index (χ4v) is 3.77. The van der Waals surface area contributed by atoms with Crippen LogP contribution in [0.4, 0.5) is 0 Å². The first-order chi connectivity index (χ1) is 11.5. The van der Waals surface area contributed by atoms with Crippen LogP contribution in [0.15, 0.2) is 51.4 Å². The Labute approximate surface area is 151 Å². The Morgan fingerprint density at radius 2 is 2.12 bits per heavy atom. The number of carbonyl (C=O) groups is 2. The van der Waals surface area contributed by atoms with Gasteiger partial charge in [0.2, 0.25) is 5.91 Å². The SMILES string of the molecule is O=C(O)CCC(=O)N1N=C(c2cccs2)CC1c1cccc(Br)c1. The maximum Gasteiger partial charge on any atom is 0.303 e. The first kappa shape index (κ1) is 16.9. The molecule has 1 N–H and O–H groups in total. The average Bonchev–Trinajstić information content (AvgIpc) is 3.21. The van der Waals surface area contributed by atoms with Gasteiger partial charge in [-0.1, -0.05) is 34.1 Å². The summed E-state index contributed by atoms with van der Waals surface area (Å²) < 4.78 is 0.933. The van der Waals surface area contributed by atoms with Gasteiger partial charge < -0.3 is 5.11 Å². The minimum atomic E-state index is -0.982. The average molecular weight is 407 g/mol. The van der Waals surface area contributed by atoms with Gasteiger partial charge in [0.25, 0.3) is 0 Å². The summed E-state index contributed by atoms with van der Waals surface area (Å²) in [7, 11) is 0. The quantitative estimate of drug-likeness (QED) is 0.813. The second-order valence-corrected chi connectivity index (χ2v) is 7.29. The molecule has 1 aromatic carbocycles. The third-order valence-corrected chi connectivity index (χ3v) is 5.17. The van der Waals surface area contributed by atoms with Crippen LogP contribution in [0.25, 0.3) is 0 Å². The molecule has 2 aromatic rings. The third-order valence-electron chi connectivity index (χ3n) is 3.76. The smallest absolute Gasteiger partial charge is 0.303 e. The number of carboxylic acids is 1. The van der Waals surface area contributed by atoms with Gasteiger partial charge in [-0.3, -0.25) is 9.59 Å². The van der Waals surface area contributed by atoms with Crippen LogP contribution in [0.3, 0.4) is 0 Å². The van der Waals surface area contributed by atoms with E-state index in [9.17, 15) is 9.59 Å². The summed E-state index contributed by atoms with van der Waals surface area (Å²) in [6.45, 7) is 0. The fraction of sp³-hybridized carbons (Fsp3) is 0.235. The van der Waals surface area contributed by atoms with E-state index in [0.717, 1.165) is 20.6 Å². The van der Waals surface area contributed by atoms with E-state index in [1.54, 1.807) is 11.3 Å². The van der Waals surface area contributed by atoms with Gasteiger partial charge in [0.05, 0.1) is 23.1 Å². The van der Waals surface area contributed by atoms with Gasteiger partial charge in [-0.05, 0) is 29.1 Å². The lowest BCUT2D eigenvalue weighted by molar-refractivity contribution is -0.141. The molecule has 1 amide bonds. The van der Waals surface area contributed by atoms with Gasteiger partial charge in [0.1, 0.15) is 0 Å². The molecule has 0 saturated carbocycles. The van der Waals surface area contributed by atoms with Gasteiger partial charge in [-0.25, -0.2) is 5.01 Å². The van der Waals surface area contributed by atoms with E-state index in [-0.39, 0.29) is 24.8 Å². The van der Waals surface area contributed by atoms with Crippen LogP contribution in [0.2, 0.25) is 0 Å². The Hall–Kier alpha value is -1.99. The van der Waals surface area contributed by atoms with E-state index in [0.29, 0.717) is 6.42 Å². The summed E-state index contributed by atoms with van der Waals surface area (Å²) in [5, 5.41) is 16.7. The molecule has 24 heavy (non-hydrogen) atoms. The number of carboxylic acid groups (broad SMARTS) is 1. The Morgan fingerprint density at radius 1 is 1.29 bits per heavy atom. The van der Waals surface area contributed by atoms with Crippen molar-refractivity contribution in [2.45, 2.75) is 25.3 Å². The van der Waals surface area contributed by atoms with Crippen molar-refractivity contribution in [1.82, 2.24) is 5.01 Å². The van der Waals surface area contributed by atoms with Crippen LogP contribution in [-0.2, 0) is 9.59 Å². The van der Waals surface area contributed by atoms with Crippen molar-refractivity contribution in [2.75, 3.05) is 0 Å². The summed E-state index contributed by atoms with van der Waals surface area (Å²) >= 11 is 5.03. The molecule has 0 bridgehead atoms. The fourth-order valence-electron chi connectivity index (χ4n) is 2.63. The largest absolute Gasteiger partial charge is 0.481 e. The molecule has 0 fully saturated rings. The van der Waals surface area contributed by atoms with E-state index in [1.807, 2.05) is 41.8 Å². The van der Waals surface area contributed by atoms with Crippen LogP contribution in [0.1, 0.15) is 35.7 Å². The highest BCUT2D eigenvalue weighted by Gasteiger charge is 2.33. The summed E-state index contributed by atoms with van der Waals surface area (Å²) in [5.41, 5.74) is 1.84. The van der Waals surface area contributed by atoms with Gasteiger partial charge in [0.15, 0.2) is 0 Å². The molecule has 1 aliphatic rings. The van der Waals surface area contributed by atoms with Crippen LogP contribution >= 0.6 is 27.3 Å². The summed E-state index contributed by atoms with van der Waals surface area (Å²) in [6.07, 6.45) is 0.376. The zero-order valence-corrected chi connectivity index (χ0v) is 15.1. The summed E-state index contributed by atoms with van der Waals surface area (Å²) in [6, 6.07) is 11.5. The Balaban J connectivity index is 1.89. The Bertz CT molecular complexity index is 789. The normalized spacial score (nSPS) is 17.0. The van der Waals surface area contributed by atoms with Crippen molar-refractivity contribution in [1.29, 1.82) is 0 Å². The van der Waals surface area contributed by atoms with Gasteiger partial charge in [0, 0.05) is 17.3 Å². The lowest BCUT2D eigenvalue weighted by Gasteiger charge is -2.22. The highest BCUT2D eigenvalue weighted by atomic mass is 79.9. The van der Waals surface area contributed by atoms with Crippen LogP contribution in [0.5, 0.6) is 0 Å². The van der Waals surface area contributed by atoms with Crippen LogP contribution in [0, 0.1) is 0 Å². The molecule has 0 aliphatic carbocycles. The summed E-state index contributed by atoms with van der Waals surface area (Å²) in [4.78, 5) is 24.3. The molecule has 0 spiro atoms. The molecule has 5 nitrogen and oxygen atoms in total. The number of carbonyl (C=O) groups excluding carboxylic acids is 1. The predicted molar refractivity (Wildman–Crippen MR) is 96.1 cm³/mol. The first-order valence-corrected chi connectivity index (χ1v) is 9.12. The van der Waals surface area contributed by atoms with Crippen molar-refractivity contribution in [2.24, 2.45) is 5.10 Å². The Morgan fingerprint density at radius 3 is 2.79 bits per heavy atom. The third kappa shape index (κ3) is 3.73. The molecule has 0 saturated heterocycles. The molecule has 124 valence electrons. The number of thiophene rings is 1. The monoisotopic (exact) mass is 406 g/mol. The standard InChI is InChI=1S/C17H15BrN2O3S/c18-12-4-1-3-11(9-12)14-10-13(15-5-2-8-24-15)19-20(14)16(21)6-7-17(22)23/h1-5,8-9,14H,6-7,10H2,(H,22,23). The molecular formula is C17H15BrN2O3S.